The van der Waals surface area contributed by atoms with Crippen molar-refractivity contribution < 1.29 is 14.4 Å². The maximum absolute atomic E-state index is 12.7. The van der Waals surface area contributed by atoms with Crippen molar-refractivity contribution in [3.63, 3.8) is 0 Å². The van der Waals surface area contributed by atoms with E-state index in [-0.39, 0.29) is 17.7 Å². The van der Waals surface area contributed by atoms with Gasteiger partial charge in [0.2, 0.25) is 11.8 Å². The van der Waals surface area contributed by atoms with Crippen LogP contribution in [0.4, 0.5) is 0 Å². The number of hydrogen-bond donors (Lipinski definition) is 2. The summed E-state index contributed by atoms with van der Waals surface area (Å²) < 4.78 is 0. The van der Waals surface area contributed by atoms with E-state index in [1.165, 1.54) is 12.8 Å². The number of carbonyl (C=O) groups excluding carboxylic acids is 3. The number of amides is 3. The van der Waals surface area contributed by atoms with Gasteiger partial charge in [0.15, 0.2) is 0 Å². The molecule has 1 aromatic rings. The Morgan fingerprint density at radius 3 is 2.46 bits per heavy atom. The fourth-order valence-electron chi connectivity index (χ4n) is 3.24. The van der Waals surface area contributed by atoms with Gasteiger partial charge in [-0.05, 0) is 43.5 Å². The average molecular weight is 359 g/mol. The standard InChI is InChI=1S/C20H29N3O3/c1-2-3-4-5-12-22-19(25)17-7-6-13-23(14-17)20(26)16-10-8-15(9-11-16)18(21)24/h8-11,17H,2-7,12-14H2,1H3,(H2,21,24)(H,22,25). The van der Waals surface area contributed by atoms with Crippen LogP contribution in [0.15, 0.2) is 24.3 Å². The molecule has 1 fully saturated rings. The predicted molar refractivity (Wildman–Crippen MR) is 101 cm³/mol. The van der Waals surface area contributed by atoms with Crippen LogP contribution < -0.4 is 11.1 Å². The van der Waals surface area contributed by atoms with Crippen molar-refractivity contribution in [1.82, 2.24) is 10.2 Å². The number of piperidine rings is 1. The molecule has 0 aliphatic carbocycles. The van der Waals surface area contributed by atoms with Crippen LogP contribution in [0.1, 0.15) is 66.2 Å². The van der Waals surface area contributed by atoms with Crippen molar-refractivity contribution in [2.45, 2.75) is 45.4 Å². The van der Waals surface area contributed by atoms with Crippen molar-refractivity contribution in [2.75, 3.05) is 19.6 Å². The zero-order valence-corrected chi connectivity index (χ0v) is 15.5. The molecular weight excluding hydrogens is 330 g/mol. The minimum Gasteiger partial charge on any atom is -0.366 e. The number of unbranched alkanes of at least 4 members (excludes halogenated alkanes) is 3. The van der Waals surface area contributed by atoms with Crippen molar-refractivity contribution in [2.24, 2.45) is 11.7 Å². The maximum atomic E-state index is 12.7. The predicted octanol–water partition coefficient (Wildman–Crippen LogP) is 2.33. The molecule has 26 heavy (non-hydrogen) atoms. The number of likely N-dealkylation sites (tertiary alicyclic amines) is 1. The lowest BCUT2D eigenvalue weighted by atomic mass is 9.96. The van der Waals surface area contributed by atoms with Gasteiger partial charge >= 0.3 is 0 Å². The third-order valence-electron chi connectivity index (χ3n) is 4.83. The second-order valence-corrected chi connectivity index (χ2v) is 6.88. The molecule has 1 atom stereocenters. The van der Waals surface area contributed by atoms with Gasteiger partial charge in [-0.25, -0.2) is 0 Å². The molecule has 0 spiro atoms. The van der Waals surface area contributed by atoms with Gasteiger partial charge in [0.25, 0.3) is 5.91 Å². The van der Waals surface area contributed by atoms with Crippen LogP contribution in [-0.4, -0.2) is 42.3 Å². The van der Waals surface area contributed by atoms with Gasteiger partial charge in [0.05, 0.1) is 5.92 Å². The third kappa shape index (κ3) is 5.58. The summed E-state index contributed by atoms with van der Waals surface area (Å²) >= 11 is 0. The molecule has 142 valence electrons. The first-order chi connectivity index (χ1) is 12.5. The molecule has 1 aromatic carbocycles. The van der Waals surface area contributed by atoms with E-state index in [1.54, 1.807) is 29.2 Å². The number of benzene rings is 1. The summed E-state index contributed by atoms with van der Waals surface area (Å²) in [4.78, 5) is 37.9. The Balaban J connectivity index is 1.87. The van der Waals surface area contributed by atoms with Crippen LogP contribution in [0.5, 0.6) is 0 Å². The van der Waals surface area contributed by atoms with Crippen LogP contribution in [0.25, 0.3) is 0 Å². The lowest BCUT2D eigenvalue weighted by Crippen LogP contribution is -2.45. The summed E-state index contributed by atoms with van der Waals surface area (Å²) in [6.45, 7) is 3.96. The molecule has 0 radical (unpaired) electrons. The Labute approximate surface area is 155 Å². The van der Waals surface area contributed by atoms with Gasteiger partial charge in [-0.15, -0.1) is 0 Å². The molecule has 0 aromatic heterocycles. The summed E-state index contributed by atoms with van der Waals surface area (Å²) in [7, 11) is 0. The molecule has 2 rings (SSSR count). The lowest BCUT2D eigenvalue weighted by molar-refractivity contribution is -0.126. The molecule has 1 heterocycles. The fourth-order valence-corrected chi connectivity index (χ4v) is 3.24. The molecule has 3 amide bonds. The van der Waals surface area contributed by atoms with Gasteiger partial charge in [-0.1, -0.05) is 26.2 Å². The first-order valence-corrected chi connectivity index (χ1v) is 9.49. The maximum Gasteiger partial charge on any atom is 0.253 e. The molecule has 6 nitrogen and oxygen atoms in total. The number of nitrogens with one attached hydrogen (secondary N) is 1. The van der Waals surface area contributed by atoms with Crippen molar-refractivity contribution in [3.8, 4) is 0 Å². The largest absolute Gasteiger partial charge is 0.366 e. The van der Waals surface area contributed by atoms with E-state index in [0.717, 1.165) is 25.7 Å². The number of hydrogen-bond acceptors (Lipinski definition) is 3. The highest BCUT2D eigenvalue weighted by Gasteiger charge is 2.28. The molecular formula is C20H29N3O3. The van der Waals surface area contributed by atoms with Gasteiger partial charge in [0.1, 0.15) is 0 Å². The molecule has 0 bridgehead atoms. The Morgan fingerprint density at radius 2 is 1.81 bits per heavy atom. The van der Waals surface area contributed by atoms with Gasteiger partial charge in [-0.3, -0.25) is 14.4 Å². The SMILES string of the molecule is CCCCCCNC(=O)C1CCCN(C(=O)c2ccc(C(N)=O)cc2)C1. The van der Waals surface area contributed by atoms with Gasteiger partial charge in [-0.2, -0.15) is 0 Å². The fraction of sp³-hybridized carbons (Fsp3) is 0.550. The van der Waals surface area contributed by atoms with Crippen LogP contribution in [0.3, 0.4) is 0 Å². The van der Waals surface area contributed by atoms with E-state index in [0.29, 0.717) is 30.8 Å². The molecule has 0 saturated carbocycles. The van der Waals surface area contributed by atoms with E-state index in [4.69, 9.17) is 5.73 Å². The zero-order chi connectivity index (χ0) is 18.9. The summed E-state index contributed by atoms with van der Waals surface area (Å²) in [6.07, 6.45) is 6.13. The van der Waals surface area contributed by atoms with Crippen molar-refractivity contribution in [1.29, 1.82) is 0 Å². The molecule has 1 aliphatic rings. The molecule has 1 saturated heterocycles. The van der Waals surface area contributed by atoms with Crippen LogP contribution >= 0.6 is 0 Å². The second-order valence-electron chi connectivity index (χ2n) is 6.88. The molecule has 1 aliphatic heterocycles. The highest BCUT2D eigenvalue weighted by Crippen LogP contribution is 2.19. The molecule has 1 unspecified atom stereocenters. The number of carbonyl (C=O) groups is 3. The van der Waals surface area contributed by atoms with E-state index >= 15 is 0 Å². The van der Waals surface area contributed by atoms with E-state index in [1.807, 2.05) is 0 Å². The highest BCUT2D eigenvalue weighted by atomic mass is 16.2. The van der Waals surface area contributed by atoms with Crippen LogP contribution in [0, 0.1) is 5.92 Å². The molecule has 6 heteroatoms. The first-order valence-electron chi connectivity index (χ1n) is 9.49. The third-order valence-corrected chi connectivity index (χ3v) is 4.83. The summed E-state index contributed by atoms with van der Waals surface area (Å²) in [5.41, 5.74) is 6.11. The Morgan fingerprint density at radius 1 is 1.12 bits per heavy atom. The first kappa shape index (κ1) is 19.9. The van der Waals surface area contributed by atoms with Gasteiger partial charge in [0, 0.05) is 30.8 Å². The summed E-state index contributed by atoms with van der Waals surface area (Å²) in [5.74, 6) is -0.731. The van der Waals surface area contributed by atoms with E-state index in [9.17, 15) is 14.4 Å². The van der Waals surface area contributed by atoms with Crippen LogP contribution in [-0.2, 0) is 4.79 Å². The number of nitrogens with two attached hydrogens (primary N) is 1. The van der Waals surface area contributed by atoms with Gasteiger partial charge < -0.3 is 16.0 Å². The topological polar surface area (TPSA) is 92.5 Å². The van der Waals surface area contributed by atoms with E-state index in [2.05, 4.69) is 12.2 Å². The number of rotatable bonds is 8. The van der Waals surface area contributed by atoms with Crippen molar-refractivity contribution in [3.05, 3.63) is 35.4 Å². The lowest BCUT2D eigenvalue weighted by Gasteiger charge is -2.32. The summed E-state index contributed by atoms with van der Waals surface area (Å²) in [5, 5.41) is 3.00. The normalized spacial score (nSPS) is 17.0. The van der Waals surface area contributed by atoms with E-state index < -0.39 is 5.91 Å². The number of nitrogens with zero attached hydrogens (tertiary/aromatic N) is 1. The second kappa shape index (κ2) is 9.94. The average Bonchev–Trinajstić information content (AvgIpc) is 2.67. The Bertz CT molecular complexity index is 628. The minimum absolute atomic E-state index is 0.0445. The van der Waals surface area contributed by atoms with Crippen LogP contribution in [0.2, 0.25) is 0 Å². The number of primary amides is 1. The quantitative estimate of drug-likeness (QED) is 0.698. The highest BCUT2D eigenvalue weighted by molar-refractivity contribution is 5.97. The smallest absolute Gasteiger partial charge is 0.253 e. The van der Waals surface area contributed by atoms with Crippen molar-refractivity contribution >= 4 is 17.7 Å². The zero-order valence-electron chi connectivity index (χ0n) is 15.5. The summed E-state index contributed by atoms with van der Waals surface area (Å²) in [6, 6.07) is 6.33. The Hall–Kier alpha value is -2.37. The monoisotopic (exact) mass is 359 g/mol. The Kier molecular flexibility index (Phi) is 7.63. The minimum atomic E-state index is -0.516. The molecule has 3 N–H and O–H groups in total.